The first kappa shape index (κ1) is 12.1. The van der Waals surface area contributed by atoms with E-state index < -0.39 is 0 Å². The summed E-state index contributed by atoms with van der Waals surface area (Å²) in [6.45, 7) is 3.98. The average molecular weight is 233 g/mol. The van der Waals surface area contributed by atoms with Crippen molar-refractivity contribution in [2.45, 2.75) is 38.6 Å². The second-order valence-electron chi connectivity index (χ2n) is 4.99. The number of nitrogens with one attached hydrogen (secondary N) is 1. The van der Waals surface area contributed by atoms with E-state index in [4.69, 9.17) is 0 Å². The van der Waals surface area contributed by atoms with E-state index in [1.165, 1.54) is 0 Å². The lowest BCUT2D eigenvalue weighted by Crippen LogP contribution is -2.56. The minimum atomic E-state index is -0.368. The number of amides is 1. The summed E-state index contributed by atoms with van der Waals surface area (Å²) in [5.74, 6) is -0.0695. The van der Waals surface area contributed by atoms with Gasteiger partial charge in [-0.05, 0) is 50.3 Å². The summed E-state index contributed by atoms with van der Waals surface area (Å²) >= 11 is 0. The van der Waals surface area contributed by atoms with E-state index in [0.717, 1.165) is 30.4 Å². The summed E-state index contributed by atoms with van der Waals surface area (Å²) in [5, 5.41) is 12.3. The van der Waals surface area contributed by atoms with E-state index in [-0.39, 0.29) is 18.1 Å². The molecule has 92 valence electrons. The van der Waals surface area contributed by atoms with Crippen LogP contribution in [0, 0.1) is 13.8 Å². The zero-order chi connectivity index (χ0) is 12.5. The lowest BCUT2D eigenvalue weighted by molar-refractivity contribution is 0.0641. The maximum Gasteiger partial charge on any atom is 0.252 e. The smallest absolute Gasteiger partial charge is 0.252 e. The van der Waals surface area contributed by atoms with Crippen LogP contribution in [0.5, 0.6) is 0 Å². The topological polar surface area (TPSA) is 49.3 Å². The molecule has 3 heteroatoms. The highest BCUT2D eigenvalue weighted by Gasteiger charge is 2.38. The van der Waals surface area contributed by atoms with E-state index in [1.807, 2.05) is 32.0 Å². The summed E-state index contributed by atoms with van der Waals surface area (Å²) in [5.41, 5.74) is 2.47. The quantitative estimate of drug-likeness (QED) is 0.838. The predicted octanol–water partition coefficient (Wildman–Crippen LogP) is 1.95. The predicted molar refractivity (Wildman–Crippen MR) is 67.1 cm³/mol. The molecular formula is C14H19NO2. The number of benzene rings is 1. The van der Waals surface area contributed by atoms with Gasteiger partial charge < -0.3 is 10.4 Å². The molecule has 2 N–H and O–H groups in total. The molecule has 0 atom stereocenters. The Labute approximate surface area is 102 Å². The van der Waals surface area contributed by atoms with Gasteiger partial charge in [-0.1, -0.05) is 12.1 Å². The van der Waals surface area contributed by atoms with Crippen LogP contribution in [0.3, 0.4) is 0 Å². The molecular weight excluding hydrogens is 214 g/mol. The van der Waals surface area contributed by atoms with Gasteiger partial charge in [0.05, 0.1) is 12.1 Å². The molecule has 0 spiro atoms. The molecule has 0 aliphatic heterocycles. The van der Waals surface area contributed by atoms with Gasteiger partial charge in [-0.2, -0.15) is 0 Å². The first-order chi connectivity index (χ1) is 8.08. The van der Waals surface area contributed by atoms with Gasteiger partial charge in [-0.25, -0.2) is 0 Å². The molecule has 0 unspecified atom stereocenters. The van der Waals surface area contributed by atoms with Gasteiger partial charge in [0.2, 0.25) is 0 Å². The molecule has 1 aliphatic rings. The minimum Gasteiger partial charge on any atom is -0.394 e. The van der Waals surface area contributed by atoms with Crippen LogP contribution < -0.4 is 5.32 Å². The van der Waals surface area contributed by atoms with Crippen molar-refractivity contribution in [1.29, 1.82) is 0 Å². The fourth-order valence-electron chi connectivity index (χ4n) is 2.23. The summed E-state index contributed by atoms with van der Waals surface area (Å²) < 4.78 is 0. The molecule has 0 bridgehead atoms. The van der Waals surface area contributed by atoms with Gasteiger partial charge in [0.25, 0.3) is 5.91 Å². The number of rotatable bonds is 3. The number of aliphatic hydroxyl groups is 1. The van der Waals surface area contributed by atoms with Crippen molar-refractivity contribution in [3.05, 3.63) is 34.9 Å². The van der Waals surface area contributed by atoms with Crippen LogP contribution >= 0.6 is 0 Å². The third kappa shape index (κ3) is 2.20. The monoisotopic (exact) mass is 233 g/mol. The zero-order valence-corrected chi connectivity index (χ0v) is 10.4. The largest absolute Gasteiger partial charge is 0.394 e. The molecule has 1 saturated carbocycles. The molecule has 17 heavy (non-hydrogen) atoms. The van der Waals surface area contributed by atoms with Crippen molar-refractivity contribution in [2.24, 2.45) is 0 Å². The lowest BCUT2D eigenvalue weighted by atomic mass is 9.77. The highest BCUT2D eigenvalue weighted by molar-refractivity contribution is 5.96. The third-order valence-corrected chi connectivity index (χ3v) is 3.84. The molecule has 1 aliphatic carbocycles. The van der Waals surface area contributed by atoms with Gasteiger partial charge in [0.15, 0.2) is 0 Å². The van der Waals surface area contributed by atoms with Crippen LogP contribution in [0.15, 0.2) is 18.2 Å². The molecule has 1 fully saturated rings. The number of aliphatic hydroxyl groups excluding tert-OH is 1. The Kier molecular flexibility index (Phi) is 3.20. The van der Waals surface area contributed by atoms with E-state index in [0.29, 0.717) is 5.56 Å². The van der Waals surface area contributed by atoms with E-state index in [9.17, 15) is 9.90 Å². The Bertz CT molecular complexity index is 430. The molecule has 1 amide bonds. The van der Waals surface area contributed by atoms with E-state index in [2.05, 4.69) is 5.32 Å². The lowest BCUT2D eigenvalue weighted by Gasteiger charge is -2.41. The number of carbonyl (C=O) groups excluding carboxylic acids is 1. The van der Waals surface area contributed by atoms with Gasteiger partial charge in [0.1, 0.15) is 0 Å². The van der Waals surface area contributed by atoms with Crippen molar-refractivity contribution < 1.29 is 9.90 Å². The Balaban J connectivity index is 2.17. The summed E-state index contributed by atoms with van der Waals surface area (Å²) in [6.07, 6.45) is 2.83. The van der Waals surface area contributed by atoms with Gasteiger partial charge in [-0.15, -0.1) is 0 Å². The van der Waals surface area contributed by atoms with Crippen LogP contribution in [0.4, 0.5) is 0 Å². The van der Waals surface area contributed by atoms with E-state index in [1.54, 1.807) is 0 Å². The molecule has 0 heterocycles. The minimum absolute atomic E-state index is 0.0314. The van der Waals surface area contributed by atoms with Crippen LogP contribution in [0.25, 0.3) is 0 Å². The molecule has 1 aromatic carbocycles. The average Bonchev–Trinajstić information content (AvgIpc) is 2.27. The highest BCUT2D eigenvalue weighted by atomic mass is 16.3. The first-order valence-electron chi connectivity index (χ1n) is 6.08. The van der Waals surface area contributed by atoms with Gasteiger partial charge >= 0.3 is 0 Å². The molecule has 3 nitrogen and oxygen atoms in total. The summed E-state index contributed by atoms with van der Waals surface area (Å²) in [6, 6.07) is 5.72. The molecule has 0 saturated heterocycles. The van der Waals surface area contributed by atoms with Crippen molar-refractivity contribution >= 4 is 5.91 Å². The second-order valence-corrected chi connectivity index (χ2v) is 4.99. The van der Waals surface area contributed by atoms with Crippen molar-refractivity contribution in [3.8, 4) is 0 Å². The number of carbonyl (C=O) groups is 1. The third-order valence-electron chi connectivity index (χ3n) is 3.84. The Morgan fingerprint density at radius 3 is 2.65 bits per heavy atom. The number of aryl methyl sites for hydroxylation is 1. The van der Waals surface area contributed by atoms with Gasteiger partial charge in [0, 0.05) is 5.56 Å². The zero-order valence-electron chi connectivity index (χ0n) is 10.4. The first-order valence-corrected chi connectivity index (χ1v) is 6.08. The van der Waals surface area contributed by atoms with Crippen LogP contribution in [-0.2, 0) is 0 Å². The molecule has 0 radical (unpaired) electrons. The fourth-order valence-corrected chi connectivity index (χ4v) is 2.23. The van der Waals surface area contributed by atoms with Crippen LogP contribution in [0.2, 0.25) is 0 Å². The van der Waals surface area contributed by atoms with Gasteiger partial charge in [-0.3, -0.25) is 4.79 Å². The fraction of sp³-hybridized carbons (Fsp3) is 0.500. The Morgan fingerprint density at radius 1 is 1.41 bits per heavy atom. The Morgan fingerprint density at radius 2 is 2.12 bits per heavy atom. The standard InChI is InChI=1S/C14H19NO2/c1-10-5-3-6-12(11(10)2)13(17)15-14(9-16)7-4-8-14/h3,5-6,16H,4,7-9H2,1-2H3,(H,15,17). The van der Waals surface area contributed by atoms with Crippen LogP contribution in [0.1, 0.15) is 40.7 Å². The molecule has 0 aromatic heterocycles. The highest BCUT2D eigenvalue weighted by Crippen LogP contribution is 2.31. The molecule has 1 aromatic rings. The normalized spacial score (nSPS) is 17.4. The van der Waals surface area contributed by atoms with E-state index >= 15 is 0 Å². The summed E-state index contributed by atoms with van der Waals surface area (Å²) in [7, 11) is 0. The van der Waals surface area contributed by atoms with Crippen molar-refractivity contribution in [2.75, 3.05) is 6.61 Å². The van der Waals surface area contributed by atoms with Crippen LogP contribution in [-0.4, -0.2) is 23.2 Å². The van der Waals surface area contributed by atoms with Crippen molar-refractivity contribution in [1.82, 2.24) is 5.32 Å². The number of hydrogen-bond donors (Lipinski definition) is 2. The summed E-state index contributed by atoms with van der Waals surface area (Å²) in [4.78, 5) is 12.2. The SMILES string of the molecule is Cc1cccc(C(=O)NC2(CO)CCC2)c1C. The Hall–Kier alpha value is -1.35. The number of hydrogen-bond acceptors (Lipinski definition) is 2. The second kappa shape index (κ2) is 4.49. The van der Waals surface area contributed by atoms with Crippen molar-refractivity contribution in [3.63, 3.8) is 0 Å². The maximum absolute atomic E-state index is 12.2. The molecule has 2 rings (SSSR count). The maximum atomic E-state index is 12.2.